The first-order chi connectivity index (χ1) is 9.34. The van der Waals surface area contributed by atoms with Gasteiger partial charge in [-0.1, -0.05) is 54.6 Å². The lowest BCUT2D eigenvalue weighted by atomic mass is 9.87. The molecule has 0 heterocycles. The van der Waals surface area contributed by atoms with Crippen LogP contribution in [0.1, 0.15) is 41.8 Å². The Labute approximate surface area is 114 Å². The van der Waals surface area contributed by atoms with Crippen LogP contribution in [-0.2, 0) is 6.42 Å². The molecule has 0 spiro atoms. The van der Waals surface area contributed by atoms with Crippen LogP contribution in [0.25, 0.3) is 0 Å². The molecule has 0 radical (unpaired) electrons. The highest BCUT2D eigenvalue weighted by Crippen LogP contribution is 2.31. The summed E-state index contributed by atoms with van der Waals surface area (Å²) >= 11 is 0. The molecule has 0 aliphatic heterocycles. The summed E-state index contributed by atoms with van der Waals surface area (Å²) in [6, 6.07) is 18.6. The summed E-state index contributed by atoms with van der Waals surface area (Å²) in [5, 5.41) is 13.6. The number of hydrogen-bond acceptors (Lipinski definition) is 2. The SMILES string of the molecule is O[C@H](N[C@H]1CCCc2ccccc21)c1ccccc1. The first-order valence-corrected chi connectivity index (χ1v) is 6.91. The van der Waals surface area contributed by atoms with Gasteiger partial charge >= 0.3 is 0 Å². The van der Waals surface area contributed by atoms with Gasteiger partial charge < -0.3 is 5.11 Å². The minimum absolute atomic E-state index is 0.250. The van der Waals surface area contributed by atoms with E-state index < -0.39 is 6.23 Å². The van der Waals surface area contributed by atoms with Crippen LogP contribution in [0, 0.1) is 0 Å². The van der Waals surface area contributed by atoms with Crippen LogP contribution in [0.3, 0.4) is 0 Å². The lowest BCUT2D eigenvalue weighted by Gasteiger charge is -2.28. The van der Waals surface area contributed by atoms with Crippen LogP contribution in [0.15, 0.2) is 54.6 Å². The van der Waals surface area contributed by atoms with Crippen molar-refractivity contribution in [1.82, 2.24) is 5.32 Å². The molecule has 3 rings (SSSR count). The molecule has 2 heteroatoms. The Balaban J connectivity index is 1.78. The van der Waals surface area contributed by atoms with Crippen molar-refractivity contribution in [2.75, 3.05) is 0 Å². The largest absolute Gasteiger partial charge is 0.374 e. The van der Waals surface area contributed by atoms with Crippen LogP contribution < -0.4 is 5.32 Å². The molecule has 98 valence electrons. The maximum absolute atomic E-state index is 10.3. The molecule has 0 aromatic heterocycles. The van der Waals surface area contributed by atoms with Crippen LogP contribution in [0.4, 0.5) is 0 Å². The van der Waals surface area contributed by atoms with Crippen molar-refractivity contribution in [3.05, 3.63) is 71.3 Å². The summed E-state index contributed by atoms with van der Waals surface area (Å²) in [5.74, 6) is 0. The summed E-state index contributed by atoms with van der Waals surface area (Å²) in [7, 11) is 0. The topological polar surface area (TPSA) is 32.3 Å². The summed E-state index contributed by atoms with van der Waals surface area (Å²) in [4.78, 5) is 0. The molecule has 0 saturated heterocycles. The Hall–Kier alpha value is -1.64. The van der Waals surface area contributed by atoms with Crippen molar-refractivity contribution in [3.8, 4) is 0 Å². The fraction of sp³-hybridized carbons (Fsp3) is 0.294. The molecule has 2 atom stereocenters. The minimum Gasteiger partial charge on any atom is -0.374 e. The van der Waals surface area contributed by atoms with E-state index in [1.165, 1.54) is 17.5 Å². The molecule has 0 amide bonds. The maximum Gasteiger partial charge on any atom is 0.131 e. The maximum atomic E-state index is 10.3. The molecule has 0 unspecified atom stereocenters. The first kappa shape index (κ1) is 12.4. The number of nitrogens with one attached hydrogen (secondary N) is 1. The van der Waals surface area contributed by atoms with Gasteiger partial charge in [0, 0.05) is 6.04 Å². The highest BCUT2D eigenvalue weighted by molar-refractivity contribution is 5.32. The lowest BCUT2D eigenvalue weighted by Crippen LogP contribution is -2.29. The average molecular weight is 253 g/mol. The van der Waals surface area contributed by atoms with E-state index in [1.807, 2.05) is 30.3 Å². The number of rotatable bonds is 3. The van der Waals surface area contributed by atoms with Gasteiger partial charge in [-0.3, -0.25) is 5.32 Å². The van der Waals surface area contributed by atoms with Crippen molar-refractivity contribution < 1.29 is 5.11 Å². The monoisotopic (exact) mass is 253 g/mol. The van der Waals surface area contributed by atoms with Crippen molar-refractivity contribution >= 4 is 0 Å². The zero-order valence-electron chi connectivity index (χ0n) is 10.9. The Morgan fingerprint density at radius 2 is 1.74 bits per heavy atom. The number of aliphatic hydroxyl groups is 1. The predicted molar refractivity (Wildman–Crippen MR) is 76.7 cm³/mol. The molecule has 2 aromatic carbocycles. The minimum atomic E-state index is -0.600. The van der Waals surface area contributed by atoms with Gasteiger partial charge in [0.1, 0.15) is 6.23 Å². The third-order valence-corrected chi connectivity index (χ3v) is 3.84. The van der Waals surface area contributed by atoms with E-state index in [2.05, 4.69) is 29.6 Å². The van der Waals surface area contributed by atoms with Gasteiger partial charge in [0.05, 0.1) is 0 Å². The highest BCUT2D eigenvalue weighted by atomic mass is 16.3. The molecule has 1 aliphatic carbocycles. The fourth-order valence-corrected chi connectivity index (χ4v) is 2.85. The third-order valence-electron chi connectivity index (χ3n) is 3.84. The summed E-state index contributed by atoms with van der Waals surface area (Å²) in [5.41, 5.74) is 3.67. The Morgan fingerprint density at radius 1 is 1.00 bits per heavy atom. The highest BCUT2D eigenvalue weighted by Gasteiger charge is 2.21. The standard InChI is InChI=1S/C17H19NO/c19-17(14-8-2-1-3-9-14)18-16-12-6-10-13-7-4-5-11-15(13)16/h1-5,7-9,11,16-19H,6,10,12H2/t16-,17-/m0/s1. The summed E-state index contributed by atoms with van der Waals surface area (Å²) in [6.45, 7) is 0. The van der Waals surface area contributed by atoms with E-state index in [4.69, 9.17) is 0 Å². The molecule has 0 saturated carbocycles. The second-order valence-electron chi connectivity index (χ2n) is 5.12. The number of fused-ring (bicyclic) bond motifs is 1. The normalized spacial score (nSPS) is 19.7. The van der Waals surface area contributed by atoms with Crippen molar-refractivity contribution in [2.45, 2.75) is 31.5 Å². The van der Waals surface area contributed by atoms with Crippen molar-refractivity contribution in [3.63, 3.8) is 0 Å². The van der Waals surface area contributed by atoms with E-state index in [0.717, 1.165) is 18.4 Å². The summed E-state index contributed by atoms with van der Waals surface area (Å²) < 4.78 is 0. The van der Waals surface area contributed by atoms with Gasteiger partial charge in [0.2, 0.25) is 0 Å². The van der Waals surface area contributed by atoms with E-state index >= 15 is 0 Å². The quantitative estimate of drug-likeness (QED) is 0.822. The van der Waals surface area contributed by atoms with Gasteiger partial charge in [-0.05, 0) is 36.0 Å². The average Bonchev–Trinajstić information content (AvgIpc) is 2.48. The third kappa shape index (κ3) is 2.70. The molecule has 19 heavy (non-hydrogen) atoms. The molecule has 1 aliphatic rings. The lowest BCUT2D eigenvalue weighted by molar-refractivity contribution is 0.119. The Morgan fingerprint density at radius 3 is 2.58 bits per heavy atom. The number of hydrogen-bond donors (Lipinski definition) is 2. The van der Waals surface area contributed by atoms with Gasteiger partial charge in [0.15, 0.2) is 0 Å². The van der Waals surface area contributed by atoms with E-state index in [1.54, 1.807) is 0 Å². The Bertz CT molecular complexity index is 538. The van der Waals surface area contributed by atoms with Crippen molar-refractivity contribution in [1.29, 1.82) is 0 Å². The first-order valence-electron chi connectivity index (χ1n) is 6.91. The van der Waals surface area contributed by atoms with Gasteiger partial charge in [-0.15, -0.1) is 0 Å². The van der Waals surface area contributed by atoms with Crippen LogP contribution >= 0.6 is 0 Å². The number of benzene rings is 2. The van der Waals surface area contributed by atoms with Gasteiger partial charge in [-0.2, -0.15) is 0 Å². The zero-order chi connectivity index (χ0) is 13.1. The van der Waals surface area contributed by atoms with Gasteiger partial charge in [0.25, 0.3) is 0 Å². The molecule has 0 fully saturated rings. The molecule has 2 N–H and O–H groups in total. The molecule has 2 aromatic rings. The van der Waals surface area contributed by atoms with E-state index in [-0.39, 0.29) is 6.04 Å². The number of aryl methyl sites for hydroxylation is 1. The molecule has 0 bridgehead atoms. The number of aliphatic hydroxyl groups excluding tert-OH is 1. The van der Waals surface area contributed by atoms with Crippen LogP contribution in [0.5, 0.6) is 0 Å². The fourth-order valence-electron chi connectivity index (χ4n) is 2.85. The molecular weight excluding hydrogens is 234 g/mol. The molecular formula is C17H19NO. The van der Waals surface area contributed by atoms with E-state index in [9.17, 15) is 5.11 Å². The predicted octanol–water partition coefficient (Wildman–Crippen LogP) is 3.34. The van der Waals surface area contributed by atoms with Crippen LogP contribution in [0.2, 0.25) is 0 Å². The summed E-state index contributed by atoms with van der Waals surface area (Å²) in [6.07, 6.45) is 2.81. The van der Waals surface area contributed by atoms with Crippen molar-refractivity contribution in [2.24, 2.45) is 0 Å². The molecule has 2 nitrogen and oxygen atoms in total. The van der Waals surface area contributed by atoms with Crippen LogP contribution in [-0.4, -0.2) is 5.11 Å². The van der Waals surface area contributed by atoms with E-state index in [0.29, 0.717) is 0 Å². The smallest absolute Gasteiger partial charge is 0.131 e. The second kappa shape index (κ2) is 5.55. The Kier molecular flexibility index (Phi) is 3.62. The zero-order valence-corrected chi connectivity index (χ0v) is 10.9. The second-order valence-corrected chi connectivity index (χ2v) is 5.12. The van der Waals surface area contributed by atoms with Gasteiger partial charge in [-0.25, -0.2) is 0 Å².